The molecular formula is C11H15N5O2S. The molecule has 4 N–H and O–H groups in total. The number of aryl methyl sites for hydroxylation is 1. The molecule has 1 aromatic carbocycles. The number of nitrogen functional groups attached to an aromatic ring is 1. The van der Waals surface area contributed by atoms with E-state index in [2.05, 4.69) is 19.9 Å². The molecule has 2 rings (SSSR count). The van der Waals surface area contributed by atoms with E-state index in [1.165, 1.54) is 12.4 Å². The molecule has 0 unspecified atom stereocenters. The monoisotopic (exact) mass is 281 g/mol. The zero-order valence-electron chi connectivity index (χ0n) is 10.4. The second kappa shape index (κ2) is 5.37. The van der Waals surface area contributed by atoms with Gasteiger partial charge in [0.1, 0.15) is 12.2 Å². The van der Waals surface area contributed by atoms with Gasteiger partial charge in [-0.2, -0.15) is 5.10 Å². The third kappa shape index (κ3) is 3.30. The molecule has 0 aliphatic carbocycles. The number of nitrogens with zero attached hydrogens (tertiary/aromatic N) is 2. The number of nitrogens with two attached hydrogens (primary N) is 1. The summed E-state index contributed by atoms with van der Waals surface area (Å²) in [6, 6.07) is 4.62. The maximum atomic E-state index is 12.0. The number of hydrogen-bond donors (Lipinski definition) is 3. The zero-order valence-corrected chi connectivity index (χ0v) is 11.2. The number of rotatable bonds is 5. The molecule has 7 nitrogen and oxygen atoms in total. The summed E-state index contributed by atoms with van der Waals surface area (Å²) in [5.41, 5.74) is 6.97. The average Bonchev–Trinajstić information content (AvgIpc) is 2.85. The van der Waals surface area contributed by atoms with Crippen LogP contribution in [0.2, 0.25) is 0 Å². The van der Waals surface area contributed by atoms with Gasteiger partial charge in [0.2, 0.25) is 10.0 Å². The molecule has 0 fully saturated rings. The smallest absolute Gasteiger partial charge is 0.240 e. The summed E-state index contributed by atoms with van der Waals surface area (Å²) in [5.74, 6) is 0.635. The van der Waals surface area contributed by atoms with E-state index in [1.807, 2.05) is 0 Å². The van der Waals surface area contributed by atoms with Gasteiger partial charge in [-0.15, -0.1) is 0 Å². The summed E-state index contributed by atoms with van der Waals surface area (Å²) < 4.78 is 26.6. The lowest BCUT2D eigenvalue weighted by molar-refractivity contribution is 0.581. The fraction of sp³-hybridized carbons (Fsp3) is 0.273. The normalized spacial score (nSPS) is 11.6. The van der Waals surface area contributed by atoms with Crippen LogP contribution in [0.3, 0.4) is 0 Å². The highest BCUT2D eigenvalue weighted by molar-refractivity contribution is 7.89. The topological polar surface area (TPSA) is 114 Å². The van der Waals surface area contributed by atoms with E-state index >= 15 is 0 Å². The molecule has 102 valence electrons. The van der Waals surface area contributed by atoms with Crippen molar-refractivity contribution >= 4 is 15.7 Å². The maximum absolute atomic E-state index is 12.0. The largest absolute Gasteiger partial charge is 0.399 e. The van der Waals surface area contributed by atoms with Crippen molar-refractivity contribution in [2.45, 2.75) is 18.2 Å². The van der Waals surface area contributed by atoms with Crippen molar-refractivity contribution < 1.29 is 8.42 Å². The van der Waals surface area contributed by atoms with Gasteiger partial charge in [-0.25, -0.2) is 18.1 Å². The minimum atomic E-state index is -3.52. The van der Waals surface area contributed by atoms with E-state index < -0.39 is 10.0 Å². The van der Waals surface area contributed by atoms with Crippen molar-refractivity contribution in [3.63, 3.8) is 0 Å². The van der Waals surface area contributed by atoms with E-state index in [9.17, 15) is 8.42 Å². The van der Waals surface area contributed by atoms with Gasteiger partial charge in [0.05, 0.1) is 4.90 Å². The Kier molecular flexibility index (Phi) is 3.82. The predicted octanol–water partition coefficient (Wildman–Crippen LogP) is 0.216. The summed E-state index contributed by atoms with van der Waals surface area (Å²) in [4.78, 5) is 4.12. The predicted molar refractivity (Wildman–Crippen MR) is 70.9 cm³/mol. The fourth-order valence-corrected chi connectivity index (χ4v) is 2.67. The lowest BCUT2D eigenvalue weighted by Gasteiger charge is -2.07. The Bertz CT molecular complexity index is 652. The van der Waals surface area contributed by atoms with Crippen LogP contribution in [0.1, 0.15) is 11.4 Å². The minimum Gasteiger partial charge on any atom is -0.399 e. The van der Waals surface area contributed by atoms with Crippen molar-refractivity contribution in [3.05, 3.63) is 35.9 Å². The van der Waals surface area contributed by atoms with E-state index in [4.69, 9.17) is 5.73 Å². The molecule has 8 heteroatoms. The number of benzene rings is 1. The van der Waals surface area contributed by atoms with E-state index in [-0.39, 0.29) is 11.4 Å². The van der Waals surface area contributed by atoms with Crippen molar-refractivity contribution in [2.75, 3.05) is 12.3 Å². The van der Waals surface area contributed by atoms with Crippen LogP contribution in [0, 0.1) is 6.92 Å². The van der Waals surface area contributed by atoms with Crippen LogP contribution in [0.25, 0.3) is 0 Å². The molecule has 0 radical (unpaired) electrons. The first-order chi connectivity index (χ1) is 8.99. The third-order valence-corrected chi connectivity index (χ3v) is 4.13. The molecule has 0 bridgehead atoms. The molecule has 0 saturated carbocycles. The number of aromatic amines is 1. The highest BCUT2D eigenvalue weighted by Crippen LogP contribution is 2.16. The van der Waals surface area contributed by atoms with Crippen LogP contribution in [0.4, 0.5) is 5.69 Å². The summed E-state index contributed by atoms with van der Waals surface area (Å²) in [7, 11) is -3.52. The second-order valence-corrected chi connectivity index (χ2v) is 5.87. The molecule has 0 saturated heterocycles. The summed E-state index contributed by atoms with van der Waals surface area (Å²) in [6.45, 7) is 2.02. The SMILES string of the molecule is Cc1cc(S(=O)(=O)NCCc2ncn[nH]2)ccc1N. The lowest BCUT2D eigenvalue weighted by atomic mass is 10.2. The Hall–Kier alpha value is -1.93. The quantitative estimate of drug-likeness (QED) is 0.678. The van der Waals surface area contributed by atoms with Gasteiger partial charge in [0, 0.05) is 18.7 Å². The fourth-order valence-electron chi connectivity index (χ4n) is 1.55. The van der Waals surface area contributed by atoms with Gasteiger partial charge in [-0.05, 0) is 30.7 Å². The number of H-pyrrole nitrogens is 1. The molecule has 1 aromatic heterocycles. The number of sulfonamides is 1. The van der Waals surface area contributed by atoms with Crippen LogP contribution in [0.5, 0.6) is 0 Å². The Morgan fingerprint density at radius 1 is 1.42 bits per heavy atom. The summed E-state index contributed by atoms with van der Waals surface area (Å²) >= 11 is 0. The van der Waals surface area contributed by atoms with Crippen LogP contribution in [-0.2, 0) is 16.4 Å². The Labute approximate surface area is 111 Å². The molecule has 0 aliphatic heterocycles. The first kappa shape index (κ1) is 13.5. The second-order valence-electron chi connectivity index (χ2n) is 4.10. The number of anilines is 1. The molecule has 0 amide bonds. The van der Waals surface area contributed by atoms with Gasteiger partial charge in [0.15, 0.2) is 0 Å². The molecule has 19 heavy (non-hydrogen) atoms. The zero-order chi connectivity index (χ0) is 13.9. The van der Waals surface area contributed by atoms with Crippen LogP contribution < -0.4 is 10.5 Å². The van der Waals surface area contributed by atoms with Gasteiger partial charge in [0.25, 0.3) is 0 Å². The van der Waals surface area contributed by atoms with Gasteiger partial charge in [-0.3, -0.25) is 5.10 Å². The Balaban J connectivity index is 2.03. The maximum Gasteiger partial charge on any atom is 0.240 e. The third-order valence-electron chi connectivity index (χ3n) is 2.67. The Morgan fingerprint density at radius 3 is 2.84 bits per heavy atom. The van der Waals surface area contributed by atoms with Crippen molar-refractivity contribution in [3.8, 4) is 0 Å². The van der Waals surface area contributed by atoms with Crippen molar-refractivity contribution in [2.24, 2.45) is 0 Å². The highest BCUT2D eigenvalue weighted by atomic mass is 32.2. The summed E-state index contributed by atoms with van der Waals surface area (Å²) in [5, 5.41) is 6.36. The minimum absolute atomic E-state index is 0.205. The van der Waals surface area contributed by atoms with Gasteiger partial charge in [-0.1, -0.05) is 0 Å². The van der Waals surface area contributed by atoms with Gasteiger partial charge >= 0.3 is 0 Å². The highest BCUT2D eigenvalue weighted by Gasteiger charge is 2.14. The lowest BCUT2D eigenvalue weighted by Crippen LogP contribution is -2.26. The van der Waals surface area contributed by atoms with E-state index in [0.29, 0.717) is 17.9 Å². The van der Waals surface area contributed by atoms with E-state index in [0.717, 1.165) is 5.56 Å². The number of hydrogen-bond acceptors (Lipinski definition) is 5. The van der Waals surface area contributed by atoms with Gasteiger partial charge < -0.3 is 5.73 Å². The molecule has 0 spiro atoms. The molecular weight excluding hydrogens is 266 g/mol. The van der Waals surface area contributed by atoms with E-state index in [1.54, 1.807) is 19.1 Å². The molecule has 1 heterocycles. The number of nitrogens with one attached hydrogen (secondary N) is 2. The summed E-state index contributed by atoms with van der Waals surface area (Å²) in [6.07, 6.45) is 1.83. The molecule has 0 aliphatic rings. The van der Waals surface area contributed by atoms with Crippen molar-refractivity contribution in [1.29, 1.82) is 0 Å². The average molecular weight is 281 g/mol. The van der Waals surface area contributed by atoms with Crippen LogP contribution in [0.15, 0.2) is 29.4 Å². The van der Waals surface area contributed by atoms with Crippen LogP contribution in [-0.4, -0.2) is 30.1 Å². The first-order valence-corrected chi connectivity index (χ1v) is 7.17. The van der Waals surface area contributed by atoms with Crippen LogP contribution >= 0.6 is 0 Å². The first-order valence-electron chi connectivity index (χ1n) is 5.69. The van der Waals surface area contributed by atoms with Crippen molar-refractivity contribution in [1.82, 2.24) is 19.9 Å². The molecule has 2 aromatic rings. The number of aromatic nitrogens is 3. The Morgan fingerprint density at radius 2 is 2.21 bits per heavy atom. The molecule has 0 atom stereocenters. The standard InChI is InChI=1S/C11H15N5O2S/c1-8-6-9(2-3-10(8)12)19(17,18)15-5-4-11-13-7-14-16-11/h2-3,6-7,15H,4-5,12H2,1H3,(H,13,14,16).